The summed E-state index contributed by atoms with van der Waals surface area (Å²) in [5.41, 5.74) is 2.13. The number of carbonyl (C=O) groups excluding carboxylic acids is 1. The van der Waals surface area contributed by atoms with E-state index in [1.807, 2.05) is 12.1 Å². The Morgan fingerprint density at radius 1 is 1.22 bits per heavy atom. The van der Waals surface area contributed by atoms with E-state index in [4.69, 9.17) is 4.74 Å². The van der Waals surface area contributed by atoms with Crippen molar-refractivity contribution in [2.24, 2.45) is 0 Å². The number of benzene rings is 1. The number of aromatic nitrogens is 2. The summed E-state index contributed by atoms with van der Waals surface area (Å²) in [5.74, 6) is 0.333. The van der Waals surface area contributed by atoms with Gasteiger partial charge in [-0.2, -0.15) is 0 Å². The van der Waals surface area contributed by atoms with Gasteiger partial charge in [0.2, 0.25) is 5.88 Å². The van der Waals surface area contributed by atoms with E-state index >= 15 is 0 Å². The molecule has 92 valence electrons. The molecule has 0 aliphatic heterocycles. The van der Waals surface area contributed by atoms with Crippen LogP contribution in [0, 0.1) is 0 Å². The Balaban J connectivity index is 2.35. The molecule has 5 nitrogen and oxygen atoms in total. The first-order valence-corrected chi connectivity index (χ1v) is 5.45. The molecule has 5 heteroatoms. The van der Waals surface area contributed by atoms with E-state index < -0.39 is 0 Å². The summed E-state index contributed by atoms with van der Waals surface area (Å²) in [5, 5.41) is 10.5. The predicted molar refractivity (Wildman–Crippen MR) is 67.4 cm³/mol. The van der Waals surface area contributed by atoms with E-state index in [0.29, 0.717) is 17.1 Å². The highest BCUT2D eigenvalue weighted by molar-refractivity contribution is 5.95. The maximum Gasteiger partial charge on any atom is 0.251 e. The van der Waals surface area contributed by atoms with E-state index in [-0.39, 0.29) is 5.91 Å². The van der Waals surface area contributed by atoms with Crippen LogP contribution in [0.3, 0.4) is 0 Å². The van der Waals surface area contributed by atoms with Gasteiger partial charge in [-0.15, -0.1) is 10.2 Å². The lowest BCUT2D eigenvalue weighted by Crippen LogP contribution is -2.17. The second-order valence-corrected chi connectivity index (χ2v) is 3.62. The van der Waals surface area contributed by atoms with Crippen molar-refractivity contribution in [2.45, 2.75) is 0 Å². The van der Waals surface area contributed by atoms with E-state index in [0.717, 1.165) is 5.56 Å². The molecule has 0 radical (unpaired) electrons. The first-order chi connectivity index (χ1) is 8.74. The Morgan fingerprint density at radius 3 is 2.67 bits per heavy atom. The number of hydrogen-bond acceptors (Lipinski definition) is 4. The van der Waals surface area contributed by atoms with Gasteiger partial charge in [-0.05, 0) is 18.2 Å². The highest BCUT2D eigenvalue weighted by atomic mass is 16.5. The molecule has 1 N–H and O–H groups in total. The van der Waals surface area contributed by atoms with E-state index in [1.165, 1.54) is 7.11 Å². The van der Waals surface area contributed by atoms with Crippen molar-refractivity contribution in [3.05, 3.63) is 42.0 Å². The molecule has 0 bridgehead atoms. The minimum atomic E-state index is -0.127. The smallest absolute Gasteiger partial charge is 0.251 e. The van der Waals surface area contributed by atoms with Crippen molar-refractivity contribution in [1.29, 1.82) is 0 Å². The monoisotopic (exact) mass is 243 g/mol. The van der Waals surface area contributed by atoms with Gasteiger partial charge in [-0.1, -0.05) is 12.1 Å². The van der Waals surface area contributed by atoms with Crippen molar-refractivity contribution in [3.8, 4) is 17.1 Å². The molecule has 0 fully saturated rings. The van der Waals surface area contributed by atoms with Gasteiger partial charge in [-0.25, -0.2) is 0 Å². The molecule has 1 aromatic heterocycles. The second kappa shape index (κ2) is 5.27. The average molecular weight is 243 g/mol. The Bertz CT molecular complexity index is 552. The minimum Gasteiger partial charge on any atom is -0.480 e. The molecule has 0 saturated carbocycles. The number of methoxy groups -OCH3 is 1. The van der Waals surface area contributed by atoms with Crippen molar-refractivity contribution >= 4 is 5.91 Å². The van der Waals surface area contributed by atoms with Gasteiger partial charge in [0.05, 0.1) is 12.8 Å². The minimum absolute atomic E-state index is 0.127. The fraction of sp³-hybridized carbons (Fsp3) is 0.154. The molecule has 0 saturated heterocycles. The molecule has 0 atom stereocenters. The van der Waals surface area contributed by atoms with Crippen LogP contribution < -0.4 is 10.1 Å². The summed E-state index contributed by atoms with van der Waals surface area (Å²) in [4.78, 5) is 11.5. The number of ether oxygens (including phenoxy) is 1. The first-order valence-electron chi connectivity index (χ1n) is 5.45. The van der Waals surface area contributed by atoms with Crippen LogP contribution in [0.2, 0.25) is 0 Å². The van der Waals surface area contributed by atoms with E-state index in [9.17, 15) is 4.79 Å². The van der Waals surface area contributed by atoms with Crippen LogP contribution in [0.4, 0.5) is 0 Å². The highest BCUT2D eigenvalue weighted by Gasteiger charge is 2.06. The third-order valence-corrected chi connectivity index (χ3v) is 2.50. The molecule has 1 aromatic carbocycles. The molecule has 2 rings (SSSR count). The van der Waals surface area contributed by atoms with Gasteiger partial charge in [0.25, 0.3) is 5.91 Å². The van der Waals surface area contributed by atoms with E-state index in [2.05, 4.69) is 15.5 Å². The van der Waals surface area contributed by atoms with Crippen LogP contribution in [0.15, 0.2) is 36.4 Å². The predicted octanol–water partition coefficient (Wildman–Crippen LogP) is 1.51. The van der Waals surface area contributed by atoms with Crippen LogP contribution in [0.1, 0.15) is 10.4 Å². The maximum atomic E-state index is 11.5. The van der Waals surface area contributed by atoms with Crippen LogP contribution in [0.5, 0.6) is 5.88 Å². The molecule has 0 aliphatic carbocycles. The largest absolute Gasteiger partial charge is 0.480 e. The average Bonchev–Trinajstić information content (AvgIpc) is 2.46. The lowest BCUT2D eigenvalue weighted by molar-refractivity contribution is 0.0963. The summed E-state index contributed by atoms with van der Waals surface area (Å²) < 4.78 is 4.95. The summed E-state index contributed by atoms with van der Waals surface area (Å²) in [6, 6.07) is 10.7. The van der Waals surface area contributed by atoms with Crippen molar-refractivity contribution in [2.75, 3.05) is 14.2 Å². The molecular formula is C13H13N3O2. The fourth-order valence-electron chi connectivity index (χ4n) is 1.55. The molecule has 0 unspecified atom stereocenters. The Hall–Kier alpha value is -2.43. The summed E-state index contributed by atoms with van der Waals surface area (Å²) in [6.07, 6.45) is 0. The lowest BCUT2D eigenvalue weighted by atomic mass is 10.1. The lowest BCUT2D eigenvalue weighted by Gasteiger charge is -2.04. The SMILES string of the molecule is CNC(=O)c1cccc(-c2ccc(OC)nn2)c1. The van der Waals surface area contributed by atoms with Gasteiger partial charge in [0.15, 0.2) is 0 Å². The number of nitrogens with one attached hydrogen (secondary N) is 1. The van der Waals surface area contributed by atoms with Crippen molar-refractivity contribution in [3.63, 3.8) is 0 Å². The number of carbonyl (C=O) groups is 1. The number of rotatable bonds is 3. The number of amides is 1. The highest BCUT2D eigenvalue weighted by Crippen LogP contribution is 2.18. The maximum absolute atomic E-state index is 11.5. The summed E-state index contributed by atoms with van der Waals surface area (Å²) >= 11 is 0. The van der Waals surface area contributed by atoms with Gasteiger partial charge in [0, 0.05) is 24.2 Å². The van der Waals surface area contributed by atoms with Crippen LogP contribution in [0.25, 0.3) is 11.3 Å². The van der Waals surface area contributed by atoms with Gasteiger partial charge >= 0.3 is 0 Å². The summed E-state index contributed by atoms with van der Waals surface area (Å²) in [7, 11) is 3.14. The number of hydrogen-bond donors (Lipinski definition) is 1. The zero-order chi connectivity index (χ0) is 13.0. The quantitative estimate of drug-likeness (QED) is 0.887. The molecule has 1 heterocycles. The molecule has 0 spiro atoms. The van der Waals surface area contributed by atoms with Crippen LogP contribution >= 0.6 is 0 Å². The van der Waals surface area contributed by atoms with Crippen molar-refractivity contribution in [1.82, 2.24) is 15.5 Å². The Labute approximate surface area is 105 Å². The Morgan fingerprint density at radius 2 is 2.06 bits per heavy atom. The summed E-state index contributed by atoms with van der Waals surface area (Å²) in [6.45, 7) is 0. The van der Waals surface area contributed by atoms with Crippen molar-refractivity contribution < 1.29 is 9.53 Å². The number of nitrogens with zero attached hydrogens (tertiary/aromatic N) is 2. The third kappa shape index (κ3) is 2.45. The topological polar surface area (TPSA) is 64.1 Å². The zero-order valence-electron chi connectivity index (χ0n) is 10.2. The normalized spacial score (nSPS) is 9.89. The molecule has 1 amide bonds. The Kier molecular flexibility index (Phi) is 3.52. The molecular weight excluding hydrogens is 230 g/mol. The van der Waals surface area contributed by atoms with Crippen LogP contribution in [-0.4, -0.2) is 30.3 Å². The van der Waals surface area contributed by atoms with E-state index in [1.54, 1.807) is 31.3 Å². The standard InChI is InChI=1S/C13H13N3O2/c1-14-13(17)10-5-3-4-9(8-10)11-6-7-12(18-2)16-15-11/h3-8H,1-2H3,(H,14,17). The van der Waals surface area contributed by atoms with Gasteiger partial charge in [0.1, 0.15) is 0 Å². The van der Waals surface area contributed by atoms with Gasteiger partial charge in [-0.3, -0.25) is 4.79 Å². The second-order valence-electron chi connectivity index (χ2n) is 3.62. The fourth-order valence-corrected chi connectivity index (χ4v) is 1.55. The third-order valence-electron chi connectivity index (χ3n) is 2.50. The molecule has 0 aliphatic rings. The zero-order valence-corrected chi connectivity index (χ0v) is 10.2. The molecule has 2 aromatic rings. The first kappa shape index (κ1) is 12.0. The van der Waals surface area contributed by atoms with Gasteiger partial charge < -0.3 is 10.1 Å². The van der Waals surface area contributed by atoms with Crippen LogP contribution in [-0.2, 0) is 0 Å². The molecule has 18 heavy (non-hydrogen) atoms.